The molecule has 0 bridgehead atoms. The minimum Gasteiger partial charge on any atom is -0.484 e. The van der Waals surface area contributed by atoms with Crippen LogP contribution in [-0.2, 0) is 11.2 Å². The van der Waals surface area contributed by atoms with Crippen LogP contribution in [0.25, 0.3) is 10.2 Å². The fourth-order valence-corrected chi connectivity index (χ4v) is 3.47. The van der Waals surface area contributed by atoms with Crippen molar-refractivity contribution < 1.29 is 14.5 Å². The second-order valence-electron chi connectivity index (χ2n) is 6.01. The molecule has 27 heavy (non-hydrogen) atoms. The number of anilines is 1. The van der Waals surface area contributed by atoms with Crippen molar-refractivity contribution in [2.45, 2.75) is 26.2 Å². The molecule has 0 fully saturated rings. The van der Waals surface area contributed by atoms with Gasteiger partial charge in [-0.1, -0.05) is 30.7 Å². The van der Waals surface area contributed by atoms with Gasteiger partial charge in [-0.2, -0.15) is 0 Å². The first-order valence-corrected chi connectivity index (χ1v) is 9.43. The van der Waals surface area contributed by atoms with Gasteiger partial charge >= 0.3 is 0 Å². The van der Waals surface area contributed by atoms with Crippen LogP contribution < -0.4 is 10.1 Å². The van der Waals surface area contributed by atoms with Crippen LogP contribution in [0.1, 0.15) is 25.3 Å². The van der Waals surface area contributed by atoms with Crippen molar-refractivity contribution in [1.29, 1.82) is 0 Å². The molecule has 0 radical (unpaired) electrons. The van der Waals surface area contributed by atoms with Crippen LogP contribution in [0.3, 0.4) is 0 Å². The second kappa shape index (κ2) is 8.59. The number of aryl methyl sites for hydroxylation is 1. The molecule has 140 valence electrons. The molecular formula is C19H19N3O4S. The number of nitro benzene ring substituents is 1. The number of hydrogen-bond acceptors (Lipinski definition) is 6. The topological polar surface area (TPSA) is 94.4 Å². The fraction of sp³-hybridized carbons (Fsp3) is 0.263. The van der Waals surface area contributed by atoms with E-state index in [0.717, 1.165) is 29.5 Å². The number of nitrogens with one attached hydrogen (secondary N) is 1. The third-order valence-electron chi connectivity index (χ3n) is 3.94. The molecule has 0 spiro atoms. The van der Waals surface area contributed by atoms with Gasteiger partial charge in [0, 0.05) is 12.1 Å². The summed E-state index contributed by atoms with van der Waals surface area (Å²) < 4.78 is 6.39. The van der Waals surface area contributed by atoms with Crippen LogP contribution in [0.5, 0.6) is 5.75 Å². The number of fused-ring (bicyclic) bond motifs is 1. The van der Waals surface area contributed by atoms with E-state index < -0.39 is 4.92 Å². The molecule has 0 saturated carbocycles. The molecular weight excluding hydrogens is 366 g/mol. The number of carbonyl (C=O) groups is 1. The predicted octanol–water partition coefficient (Wildman–Crippen LogP) is 4.56. The number of amides is 1. The van der Waals surface area contributed by atoms with Gasteiger partial charge in [0.05, 0.1) is 15.1 Å². The summed E-state index contributed by atoms with van der Waals surface area (Å²) in [7, 11) is 0. The van der Waals surface area contributed by atoms with Gasteiger partial charge in [-0.3, -0.25) is 20.2 Å². The Hall–Kier alpha value is -3.00. The quantitative estimate of drug-likeness (QED) is 0.453. The van der Waals surface area contributed by atoms with Gasteiger partial charge in [-0.15, -0.1) is 0 Å². The molecule has 7 nitrogen and oxygen atoms in total. The molecule has 1 aromatic heterocycles. The first-order chi connectivity index (χ1) is 13.0. The zero-order valence-corrected chi connectivity index (χ0v) is 15.6. The maximum Gasteiger partial charge on any atom is 0.269 e. The zero-order valence-electron chi connectivity index (χ0n) is 14.8. The first kappa shape index (κ1) is 18.8. The Balaban J connectivity index is 1.57. The molecule has 8 heteroatoms. The third kappa shape index (κ3) is 5.01. The van der Waals surface area contributed by atoms with Crippen molar-refractivity contribution in [3.05, 3.63) is 58.1 Å². The highest BCUT2D eigenvalue weighted by atomic mass is 32.1. The van der Waals surface area contributed by atoms with Gasteiger partial charge in [0.1, 0.15) is 5.75 Å². The Morgan fingerprint density at radius 1 is 1.26 bits per heavy atom. The van der Waals surface area contributed by atoms with Crippen LogP contribution in [0.4, 0.5) is 10.8 Å². The van der Waals surface area contributed by atoms with Gasteiger partial charge < -0.3 is 4.74 Å². The molecule has 0 unspecified atom stereocenters. The Morgan fingerprint density at radius 3 is 2.74 bits per heavy atom. The minimum absolute atomic E-state index is 0.0282. The van der Waals surface area contributed by atoms with E-state index in [1.807, 2.05) is 6.07 Å². The summed E-state index contributed by atoms with van der Waals surface area (Å²) in [5.74, 6) is 0.0548. The molecule has 0 aliphatic rings. The summed E-state index contributed by atoms with van der Waals surface area (Å²) in [5.41, 5.74) is 2.10. The number of unbranched alkanes of at least 4 members (excludes halogenated alkanes) is 1. The fourth-order valence-electron chi connectivity index (χ4n) is 2.53. The van der Waals surface area contributed by atoms with Crippen molar-refractivity contribution in [2.75, 3.05) is 11.9 Å². The normalized spacial score (nSPS) is 10.7. The van der Waals surface area contributed by atoms with E-state index in [2.05, 4.69) is 29.4 Å². The van der Waals surface area contributed by atoms with Gasteiger partial charge in [-0.05, 0) is 42.7 Å². The van der Waals surface area contributed by atoms with E-state index in [4.69, 9.17) is 4.74 Å². The molecule has 1 heterocycles. The lowest BCUT2D eigenvalue weighted by Gasteiger charge is -2.05. The predicted molar refractivity (Wildman–Crippen MR) is 105 cm³/mol. The SMILES string of the molecule is CCCCc1ccc2nc(NC(=O)COc3ccc([N+](=O)[O-])cc3)sc2c1. The van der Waals surface area contributed by atoms with Crippen LogP contribution in [0.15, 0.2) is 42.5 Å². The number of aromatic nitrogens is 1. The van der Waals surface area contributed by atoms with E-state index in [1.54, 1.807) is 0 Å². The Kier molecular flexibility index (Phi) is 5.97. The van der Waals surface area contributed by atoms with Crippen molar-refractivity contribution in [3.8, 4) is 5.75 Å². The summed E-state index contributed by atoms with van der Waals surface area (Å²) in [6, 6.07) is 11.7. The highest BCUT2D eigenvalue weighted by Gasteiger charge is 2.10. The van der Waals surface area contributed by atoms with Gasteiger partial charge in [-0.25, -0.2) is 4.98 Å². The number of thiazole rings is 1. The average Bonchev–Trinajstić information content (AvgIpc) is 3.06. The van der Waals surface area contributed by atoms with Crippen molar-refractivity contribution in [2.24, 2.45) is 0 Å². The number of hydrogen-bond donors (Lipinski definition) is 1. The zero-order chi connectivity index (χ0) is 19.2. The maximum absolute atomic E-state index is 12.1. The average molecular weight is 385 g/mol. The lowest BCUT2D eigenvalue weighted by Crippen LogP contribution is -2.19. The maximum atomic E-state index is 12.1. The highest BCUT2D eigenvalue weighted by Crippen LogP contribution is 2.27. The van der Waals surface area contributed by atoms with Gasteiger partial charge in [0.2, 0.25) is 0 Å². The number of carbonyl (C=O) groups excluding carboxylic acids is 1. The number of nitro groups is 1. The lowest BCUT2D eigenvalue weighted by molar-refractivity contribution is -0.384. The number of non-ortho nitro benzene ring substituents is 1. The third-order valence-corrected chi connectivity index (χ3v) is 4.87. The van der Waals surface area contributed by atoms with Crippen LogP contribution in [0, 0.1) is 10.1 Å². The number of nitrogens with zero attached hydrogens (tertiary/aromatic N) is 2. The Bertz CT molecular complexity index is 953. The van der Waals surface area contributed by atoms with Crippen LogP contribution in [-0.4, -0.2) is 22.4 Å². The standard InChI is InChI=1S/C19H19N3O4S/c1-2-3-4-13-5-10-16-17(11-13)27-19(20-16)21-18(23)12-26-15-8-6-14(7-9-15)22(24)25/h5-11H,2-4,12H2,1H3,(H,20,21,23). The number of ether oxygens (including phenoxy) is 1. The summed E-state index contributed by atoms with van der Waals surface area (Å²) in [4.78, 5) is 26.6. The van der Waals surface area contributed by atoms with Crippen molar-refractivity contribution in [3.63, 3.8) is 0 Å². The second-order valence-corrected chi connectivity index (χ2v) is 7.04. The molecule has 0 aliphatic heterocycles. The van der Waals surface area contributed by atoms with Gasteiger partial charge in [0.25, 0.3) is 11.6 Å². The molecule has 1 amide bonds. The Labute approximate surface area is 160 Å². The molecule has 0 saturated heterocycles. The summed E-state index contributed by atoms with van der Waals surface area (Å²) in [5, 5.41) is 13.9. The molecule has 2 aromatic carbocycles. The van der Waals surface area contributed by atoms with Crippen molar-refractivity contribution in [1.82, 2.24) is 4.98 Å². The van der Waals surface area contributed by atoms with E-state index in [9.17, 15) is 14.9 Å². The lowest BCUT2D eigenvalue weighted by atomic mass is 10.1. The molecule has 3 rings (SSSR count). The van der Waals surface area contributed by atoms with E-state index in [1.165, 1.54) is 41.2 Å². The number of benzene rings is 2. The smallest absolute Gasteiger partial charge is 0.269 e. The molecule has 0 atom stereocenters. The molecule has 0 aliphatic carbocycles. The van der Waals surface area contributed by atoms with Crippen molar-refractivity contribution >= 4 is 38.3 Å². The monoisotopic (exact) mass is 385 g/mol. The highest BCUT2D eigenvalue weighted by molar-refractivity contribution is 7.22. The van der Waals surface area contributed by atoms with Crippen LogP contribution >= 0.6 is 11.3 Å². The van der Waals surface area contributed by atoms with Crippen LogP contribution in [0.2, 0.25) is 0 Å². The van der Waals surface area contributed by atoms with E-state index in [0.29, 0.717) is 10.9 Å². The molecule has 3 aromatic rings. The summed E-state index contributed by atoms with van der Waals surface area (Å²) >= 11 is 1.43. The summed E-state index contributed by atoms with van der Waals surface area (Å²) in [6.45, 7) is 1.97. The summed E-state index contributed by atoms with van der Waals surface area (Å²) in [6.07, 6.45) is 3.33. The van der Waals surface area contributed by atoms with Gasteiger partial charge in [0.15, 0.2) is 11.7 Å². The molecule has 1 N–H and O–H groups in total. The van der Waals surface area contributed by atoms with E-state index >= 15 is 0 Å². The largest absolute Gasteiger partial charge is 0.484 e. The number of rotatable bonds is 8. The van der Waals surface area contributed by atoms with E-state index in [-0.39, 0.29) is 18.2 Å². The first-order valence-electron chi connectivity index (χ1n) is 8.61. The minimum atomic E-state index is -0.489. The Morgan fingerprint density at radius 2 is 2.04 bits per heavy atom.